The van der Waals surface area contributed by atoms with Gasteiger partial charge in [-0.25, -0.2) is 22.9 Å². The second kappa shape index (κ2) is 8.54. The fraction of sp³-hybridized carbons (Fsp3) is 0.700. The van der Waals surface area contributed by atoms with Crippen LogP contribution in [0.25, 0.3) is 0 Å². The summed E-state index contributed by atoms with van der Waals surface area (Å²) >= 11 is 0. The maximum atomic E-state index is 15.1. The van der Waals surface area contributed by atoms with Crippen molar-refractivity contribution < 1.29 is 65.0 Å². The lowest BCUT2D eigenvalue weighted by Gasteiger charge is -2.29. The SMILES string of the molecule is CC1(F)C(O)[C@](C)(COP(=O)(O)OP(=O)(O)OP(=O)(O)O)O[C@H]1n1nc(F)c(=O)[nH]c1=O. The van der Waals surface area contributed by atoms with E-state index in [2.05, 4.69) is 18.2 Å². The standard InChI is InChI=1S/C10H16F2N3O14P3/c1-9(3-26-31(22,23)29-32(24,25)28-30(19,20)21)6(17)10(2,12)7(27-9)15-8(18)13-5(16)4(11)14-15/h6-7,17H,3H2,1-2H3,(H,22,23)(H,24,25)(H,13,16,18)(H2,19,20,21)/t6?,7-,9+,10?/m1/s1. The van der Waals surface area contributed by atoms with Gasteiger partial charge < -0.3 is 29.4 Å². The van der Waals surface area contributed by atoms with E-state index in [9.17, 15) is 37.7 Å². The second-order valence-corrected chi connectivity index (χ2v) is 11.1. The van der Waals surface area contributed by atoms with Gasteiger partial charge in [-0.3, -0.25) is 14.3 Å². The van der Waals surface area contributed by atoms with E-state index in [4.69, 9.17) is 19.4 Å². The monoisotopic (exact) mass is 533 g/mol. The number of rotatable bonds is 8. The molecule has 0 saturated carbocycles. The number of nitrogens with zero attached hydrogens (tertiary/aromatic N) is 2. The number of aliphatic hydroxyl groups is 1. The summed E-state index contributed by atoms with van der Waals surface area (Å²) in [5.41, 5.74) is -8.24. The van der Waals surface area contributed by atoms with Gasteiger partial charge >= 0.3 is 34.7 Å². The van der Waals surface area contributed by atoms with E-state index in [0.717, 1.165) is 6.92 Å². The number of alkyl halides is 1. The van der Waals surface area contributed by atoms with Gasteiger partial charge in [0.25, 0.3) is 5.95 Å². The van der Waals surface area contributed by atoms with Crippen LogP contribution in [0.1, 0.15) is 20.1 Å². The first-order chi connectivity index (χ1) is 14.2. The number of phosphoric acid groups is 3. The summed E-state index contributed by atoms with van der Waals surface area (Å²) in [5.74, 6) is -1.75. The minimum absolute atomic E-state index is 0.00995. The molecular weight excluding hydrogens is 517 g/mol. The molecule has 0 radical (unpaired) electrons. The number of nitrogens with one attached hydrogen (secondary N) is 1. The number of aromatic amines is 1. The summed E-state index contributed by atoms with van der Waals surface area (Å²) in [5, 5.41) is 13.2. The molecule has 1 aromatic rings. The lowest BCUT2D eigenvalue weighted by Crippen LogP contribution is -2.48. The second-order valence-electron chi connectivity index (χ2n) is 6.70. The van der Waals surface area contributed by atoms with Gasteiger partial charge in [-0.2, -0.15) is 17.7 Å². The molecule has 1 aromatic heterocycles. The Balaban J connectivity index is 2.26. The normalized spacial score (nSPS) is 32.4. The Labute approximate surface area is 175 Å². The number of hydrogen-bond donors (Lipinski definition) is 6. The largest absolute Gasteiger partial charge is 0.490 e. The zero-order chi connectivity index (χ0) is 24.9. The summed E-state index contributed by atoms with van der Waals surface area (Å²) in [6.45, 7) is 0.261. The fourth-order valence-corrected chi connectivity index (χ4v) is 5.75. The maximum absolute atomic E-state index is 15.1. The number of ether oxygens (including phenoxy) is 1. The molecule has 6 N–H and O–H groups in total. The van der Waals surface area contributed by atoms with Crippen molar-refractivity contribution in [2.75, 3.05) is 6.61 Å². The first-order valence-electron chi connectivity index (χ1n) is 7.91. The molecule has 0 bridgehead atoms. The molecular formula is C10H16F2N3O14P3. The smallest absolute Gasteiger partial charge is 0.386 e. The highest BCUT2D eigenvalue weighted by Crippen LogP contribution is 2.66. The van der Waals surface area contributed by atoms with Crippen LogP contribution in [-0.2, 0) is 31.6 Å². The van der Waals surface area contributed by atoms with Crippen molar-refractivity contribution in [2.24, 2.45) is 0 Å². The van der Waals surface area contributed by atoms with Crippen LogP contribution in [0.15, 0.2) is 9.59 Å². The summed E-state index contributed by atoms with van der Waals surface area (Å²) in [4.78, 5) is 59.9. The van der Waals surface area contributed by atoms with E-state index in [1.165, 1.54) is 4.98 Å². The molecule has 1 aliphatic heterocycles. The van der Waals surface area contributed by atoms with E-state index >= 15 is 4.39 Å². The fourth-order valence-electron chi connectivity index (χ4n) is 2.63. The third kappa shape index (κ3) is 6.02. The van der Waals surface area contributed by atoms with Crippen LogP contribution in [0.4, 0.5) is 8.78 Å². The lowest BCUT2D eigenvalue weighted by atomic mass is 9.90. The summed E-state index contributed by atoms with van der Waals surface area (Å²) < 4.78 is 78.8. The van der Waals surface area contributed by atoms with Crippen molar-refractivity contribution in [3.05, 3.63) is 26.8 Å². The van der Waals surface area contributed by atoms with Gasteiger partial charge in [-0.1, -0.05) is 0 Å². The lowest BCUT2D eigenvalue weighted by molar-refractivity contribution is -0.121. The van der Waals surface area contributed by atoms with E-state index < -0.39 is 70.9 Å². The molecule has 2 heterocycles. The first-order valence-corrected chi connectivity index (χ1v) is 12.4. The highest BCUT2D eigenvalue weighted by molar-refractivity contribution is 7.66. The zero-order valence-corrected chi connectivity index (χ0v) is 18.4. The van der Waals surface area contributed by atoms with Gasteiger partial charge in [0, 0.05) is 0 Å². The summed E-state index contributed by atoms with van der Waals surface area (Å²) in [6, 6.07) is 0. The molecule has 0 aromatic carbocycles. The van der Waals surface area contributed by atoms with Crippen LogP contribution in [0.5, 0.6) is 0 Å². The number of halogens is 2. The molecule has 0 amide bonds. The van der Waals surface area contributed by atoms with Crippen LogP contribution in [-0.4, -0.2) is 63.4 Å². The van der Waals surface area contributed by atoms with Gasteiger partial charge in [-0.15, -0.1) is 5.10 Å². The van der Waals surface area contributed by atoms with Crippen molar-refractivity contribution in [3.63, 3.8) is 0 Å². The minimum atomic E-state index is -5.85. The third-order valence-corrected chi connectivity index (χ3v) is 7.72. The molecule has 0 spiro atoms. The number of aliphatic hydroxyl groups excluding tert-OH is 1. The Morgan fingerprint density at radius 1 is 1.16 bits per heavy atom. The molecule has 2 rings (SSSR count). The molecule has 184 valence electrons. The van der Waals surface area contributed by atoms with Gasteiger partial charge in [-0.05, 0) is 13.8 Å². The number of phosphoric ester groups is 1. The molecule has 1 saturated heterocycles. The van der Waals surface area contributed by atoms with Crippen LogP contribution in [0.3, 0.4) is 0 Å². The van der Waals surface area contributed by atoms with Gasteiger partial charge in [0.05, 0.1) is 6.61 Å². The van der Waals surface area contributed by atoms with Crippen LogP contribution in [0.2, 0.25) is 0 Å². The van der Waals surface area contributed by atoms with E-state index in [1.807, 2.05) is 0 Å². The maximum Gasteiger partial charge on any atom is 0.490 e. The molecule has 4 unspecified atom stereocenters. The summed E-state index contributed by atoms with van der Waals surface area (Å²) in [7, 11) is -17.2. The topological polar surface area (TPSA) is 257 Å². The van der Waals surface area contributed by atoms with Crippen molar-refractivity contribution in [1.82, 2.24) is 14.8 Å². The molecule has 22 heteroatoms. The number of hydrogen-bond acceptors (Lipinski definition) is 11. The van der Waals surface area contributed by atoms with Gasteiger partial charge in [0.2, 0.25) is 0 Å². The van der Waals surface area contributed by atoms with Crippen LogP contribution >= 0.6 is 23.5 Å². The van der Waals surface area contributed by atoms with Crippen molar-refractivity contribution in [2.45, 2.75) is 37.4 Å². The van der Waals surface area contributed by atoms with E-state index in [1.54, 1.807) is 0 Å². The average molecular weight is 533 g/mol. The number of H-pyrrole nitrogens is 1. The first kappa shape index (κ1) is 27.0. The Morgan fingerprint density at radius 3 is 2.25 bits per heavy atom. The van der Waals surface area contributed by atoms with Crippen molar-refractivity contribution in [1.29, 1.82) is 0 Å². The Kier molecular flexibility index (Phi) is 7.22. The molecule has 1 aliphatic rings. The highest BCUT2D eigenvalue weighted by Gasteiger charge is 2.62. The molecule has 0 aliphatic carbocycles. The Hall–Kier alpha value is -1.20. The quantitative estimate of drug-likeness (QED) is 0.214. The molecule has 1 fully saturated rings. The van der Waals surface area contributed by atoms with Crippen molar-refractivity contribution in [3.8, 4) is 0 Å². The van der Waals surface area contributed by atoms with Crippen LogP contribution < -0.4 is 11.2 Å². The van der Waals surface area contributed by atoms with E-state index in [-0.39, 0.29) is 4.68 Å². The molecule has 6 atom stereocenters. The zero-order valence-electron chi connectivity index (χ0n) is 15.8. The highest BCUT2D eigenvalue weighted by atomic mass is 31.3. The third-order valence-electron chi connectivity index (χ3n) is 3.94. The average Bonchev–Trinajstić information content (AvgIpc) is 2.74. The Morgan fingerprint density at radius 2 is 1.72 bits per heavy atom. The predicted octanol–water partition coefficient (Wildman–Crippen LogP) is -1.21. The molecule has 32 heavy (non-hydrogen) atoms. The van der Waals surface area contributed by atoms with E-state index in [0.29, 0.717) is 6.92 Å². The van der Waals surface area contributed by atoms with Crippen LogP contribution in [0, 0.1) is 5.95 Å². The molecule has 17 nitrogen and oxygen atoms in total. The predicted molar refractivity (Wildman–Crippen MR) is 92.9 cm³/mol. The number of aromatic nitrogens is 3. The Bertz CT molecular complexity index is 1150. The van der Waals surface area contributed by atoms with Crippen molar-refractivity contribution >= 4 is 23.5 Å². The van der Waals surface area contributed by atoms with Gasteiger partial charge in [0.15, 0.2) is 11.9 Å². The van der Waals surface area contributed by atoms with Gasteiger partial charge in [0.1, 0.15) is 11.7 Å². The minimum Gasteiger partial charge on any atom is -0.386 e. The summed E-state index contributed by atoms with van der Waals surface area (Å²) in [6.07, 6.45) is -4.48.